The van der Waals surface area contributed by atoms with Crippen LogP contribution in [0.3, 0.4) is 0 Å². The molecule has 2 heterocycles. The summed E-state index contributed by atoms with van der Waals surface area (Å²) in [6.07, 6.45) is 1.57. The molecule has 0 amide bonds. The smallest absolute Gasteiger partial charge is 0.265 e. The number of nitrogens with zero attached hydrogens (tertiary/aromatic N) is 3. The molecular formula is C22H20ClFN6O3S. The number of benzene rings is 2. The Morgan fingerprint density at radius 3 is 2.53 bits per heavy atom. The first-order valence-electron chi connectivity index (χ1n) is 9.96. The van der Waals surface area contributed by atoms with Crippen LogP contribution in [0.2, 0.25) is 5.02 Å². The lowest BCUT2D eigenvalue weighted by atomic mass is 10.0. The van der Waals surface area contributed by atoms with Crippen molar-refractivity contribution in [1.82, 2.24) is 15.0 Å². The van der Waals surface area contributed by atoms with Crippen LogP contribution in [0, 0.1) is 5.82 Å². The van der Waals surface area contributed by atoms with Crippen LogP contribution < -0.4 is 20.1 Å². The number of pyridine rings is 1. The standard InChI is InChI=1S/C22H20ClFN6O3S/c1-25-21-15(9-12-11-27-22(26-2)29-20(12)28-21)14-5-4-6-16(19(14)24)30-34(31,32)18-8-7-13(23)10-17(18)33-3/h4-11,30H,1-3H3,(H2,25,26,27,28,29). The third-order valence-corrected chi connectivity index (χ3v) is 6.62. The van der Waals surface area contributed by atoms with E-state index in [1.807, 2.05) is 0 Å². The zero-order valence-corrected chi connectivity index (χ0v) is 19.9. The van der Waals surface area contributed by atoms with Crippen LogP contribution in [0.5, 0.6) is 5.75 Å². The minimum Gasteiger partial charge on any atom is -0.495 e. The van der Waals surface area contributed by atoms with Crippen molar-refractivity contribution in [3.05, 3.63) is 59.5 Å². The minimum atomic E-state index is -4.18. The second kappa shape index (κ2) is 9.27. The zero-order valence-electron chi connectivity index (χ0n) is 18.3. The van der Waals surface area contributed by atoms with Crippen LogP contribution in [-0.2, 0) is 10.0 Å². The molecule has 0 spiro atoms. The number of hydrogen-bond donors (Lipinski definition) is 3. The zero-order chi connectivity index (χ0) is 24.5. The highest BCUT2D eigenvalue weighted by molar-refractivity contribution is 7.92. The molecule has 0 radical (unpaired) electrons. The van der Waals surface area contributed by atoms with Gasteiger partial charge >= 0.3 is 0 Å². The van der Waals surface area contributed by atoms with E-state index in [0.717, 1.165) is 0 Å². The number of hydrogen-bond acceptors (Lipinski definition) is 8. The van der Waals surface area contributed by atoms with Crippen molar-refractivity contribution in [3.63, 3.8) is 0 Å². The molecule has 2 aromatic carbocycles. The van der Waals surface area contributed by atoms with Crippen LogP contribution >= 0.6 is 11.6 Å². The first-order chi connectivity index (χ1) is 16.3. The molecule has 12 heteroatoms. The molecule has 0 aliphatic carbocycles. The third kappa shape index (κ3) is 4.39. The first kappa shape index (κ1) is 23.5. The molecule has 4 aromatic rings. The average Bonchev–Trinajstić information content (AvgIpc) is 2.83. The van der Waals surface area contributed by atoms with Crippen molar-refractivity contribution in [2.75, 3.05) is 36.6 Å². The summed E-state index contributed by atoms with van der Waals surface area (Å²) in [5.74, 6) is 0.0275. The topological polar surface area (TPSA) is 118 Å². The van der Waals surface area contributed by atoms with Gasteiger partial charge < -0.3 is 15.4 Å². The molecule has 9 nitrogen and oxygen atoms in total. The number of fused-ring (bicyclic) bond motifs is 1. The molecule has 0 aliphatic heterocycles. The summed E-state index contributed by atoms with van der Waals surface area (Å²) in [6.45, 7) is 0. The van der Waals surface area contributed by atoms with Crippen molar-refractivity contribution in [1.29, 1.82) is 0 Å². The molecule has 34 heavy (non-hydrogen) atoms. The van der Waals surface area contributed by atoms with Gasteiger partial charge in [0.25, 0.3) is 10.0 Å². The number of halogens is 2. The third-order valence-electron chi connectivity index (χ3n) is 4.98. The van der Waals surface area contributed by atoms with E-state index in [2.05, 4.69) is 30.3 Å². The number of ether oxygens (including phenoxy) is 1. The van der Waals surface area contributed by atoms with Crippen molar-refractivity contribution in [2.24, 2.45) is 0 Å². The Morgan fingerprint density at radius 1 is 1.03 bits per heavy atom. The summed E-state index contributed by atoms with van der Waals surface area (Å²) in [4.78, 5) is 12.8. The lowest BCUT2D eigenvalue weighted by molar-refractivity contribution is 0.403. The largest absolute Gasteiger partial charge is 0.495 e. The fourth-order valence-corrected chi connectivity index (χ4v) is 4.74. The predicted molar refractivity (Wildman–Crippen MR) is 131 cm³/mol. The highest BCUT2D eigenvalue weighted by Crippen LogP contribution is 2.35. The summed E-state index contributed by atoms with van der Waals surface area (Å²) in [5.41, 5.74) is 0.733. The van der Waals surface area contributed by atoms with Gasteiger partial charge in [0.2, 0.25) is 5.95 Å². The van der Waals surface area contributed by atoms with Gasteiger partial charge in [-0.2, -0.15) is 4.98 Å². The first-order valence-corrected chi connectivity index (χ1v) is 11.8. The highest BCUT2D eigenvalue weighted by Gasteiger charge is 2.23. The van der Waals surface area contributed by atoms with Crippen LogP contribution in [0.25, 0.3) is 22.2 Å². The van der Waals surface area contributed by atoms with E-state index in [1.165, 1.54) is 37.4 Å². The Kier molecular flexibility index (Phi) is 6.40. The lowest BCUT2D eigenvalue weighted by Gasteiger charge is -2.15. The molecule has 0 saturated carbocycles. The van der Waals surface area contributed by atoms with E-state index < -0.39 is 15.8 Å². The van der Waals surface area contributed by atoms with Gasteiger partial charge in [0.1, 0.15) is 16.5 Å². The fraction of sp³-hybridized carbons (Fsp3) is 0.136. The summed E-state index contributed by atoms with van der Waals surface area (Å²) < 4.78 is 49.0. The second-order valence-corrected chi connectivity index (χ2v) is 9.15. The number of aromatic nitrogens is 3. The van der Waals surface area contributed by atoms with Crippen molar-refractivity contribution in [3.8, 4) is 16.9 Å². The molecule has 0 fully saturated rings. The summed E-state index contributed by atoms with van der Waals surface area (Å²) in [5, 5.41) is 6.67. The van der Waals surface area contributed by atoms with Crippen molar-refractivity contribution < 1.29 is 17.5 Å². The Morgan fingerprint density at radius 2 is 1.82 bits per heavy atom. The number of anilines is 3. The molecule has 176 valence electrons. The van der Waals surface area contributed by atoms with Gasteiger partial charge in [-0.3, -0.25) is 4.72 Å². The lowest BCUT2D eigenvalue weighted by Crippen LogP contribution is -2.15. The Balaban J connectivity index is 1.79. The van der Waals surface area contributed by atoms with E-state index in [1.54, 1.807) is 32.4 Å². The second-order valence-electron chi connectivity index (χ2n) is 7.06. The monoisotopic (exact) mass is 502 g/mol. The number of methoxy groups -OCH3 is 1. The normalized spacial score (nSPS) is 11.3. The van der Waals surface area contributed by atoms with Gasteiger partial charge in [0.05, 0.1) is 12.8 Å². The van der Waals surface area contributed by atoms with Gasteiger partial charge in [-0.1, -0.05) is 23.7 Å². The Bertz CT molecular complexity index is 1500. The highest BCUT2D eigenvalue weighted by atomic mass is 35.5. The summed E-state index contributed by atoms with van der Waals surface area (Å²) >= 11 is 5.93. The molecular weight excluding hydrogens is 483 g/mol. The SMILES string of the molecule is CNc1ncc2cc(-c3cccc(NS(=O)(=O)c4ccc(Cl)cc4OC)c3F)c(NC)nc2n1. The van der Waals surface area contributed by atoms with E-state index in [-0.39, 0.29) is 21.9 Å². The maximum atomic E-state index is 15.6. The number of sulfonamides is 1. The van der Waals surface area contributed by atoms with Crippen LogP contribution in [-0.4, -0.2) is 44.6 Å². The maximum absolute atomic E-state index is 15.6. The van der Waals surface area contributed by atoms with Crippen LogP contribution in [0.1, 0.15) is 0 Å². The van der Waals surface area contributed by atoms with Crippen molar-refractivity contribution >= 4 is 50.1 Å². The quantitative estimate of drug-likeness (QED) is 0.341. The molecule has 0 saturated heterocycles. The van der Waals surface area contributed by atoms with Crippen LogP contribution in [0.4, 0.5) is 21.8 Å². The molecule has 4 rings (SSSR count). The van der Waals surface area contributed by atoms with Gasteiger partial charge in [0, 0.05) is 47.9 Å². The van der Waals surface area contributed by atoms with Crippen molar-refractivity contribution in [2.45, 2.75) is 4.90 Å². The van der Waals surface area contributed by atoms with E-state index >= 15 is 4.39 Å². The van der Waals surface area contributed by atoms with Crippen LogP contribution in [0.15, 0.2) is 53.6 Å². The Labute approximate surface area is 200 Å². The Hall–Kier alpha value is -3.70. The van der Waals surface area contributed by atoms with E-state index in [9.17, 15) is 8.42 Å². The van der Waals surface area contributed by atoms with E-state index in [4.69, 9.17) is 16.3 Å². The molecule has 0 unspecified atom stereocenters. The molecule has 0 aliphatic rings. The number of nitrogens with one attached hydrogen (secondary N) is 3. The molecule has 0 bridgehead atoms. The fourth-order valence-electron chi connectivity index (χ4n) is 3.36. The molecule has 0 atom stereocenters. The minimum absolute atomic E-state index is 0.0358. The number of rotatable bonds is 7. The maximum Gasteiger partial charge on any atom is 0.265 e. The molecule has 2 aromatic heterocycles. The summed E-state index contributed by atoms with van der Waals surface area (Å²) in [7, 11) is 0.475. The predicted octanol–water partition coefficient (Wildman–Crippen LogP) is 4.38. The molecule has 3 N–H and O–H groups in total. The summed E-state index contributed by atoms with van der Waals surface area (Å²) in [6, 6.07) is 10.2. The van der Waals surface area contributed by atoms with Gasteiger partial charge in [-0.05, 0) is 24.3 Å². The van der Waals surface area contributed by atoms with Gasteiger partial charge in [-0.25, -0.2) is 22.8 Å². The van der Waals surface area contributed by atoms with Gasteiger partial charge in [0.15, 0.2) is 11.5 Å². The van der Waals surface area contributed by atoms with E-state index in [0.29, 0.717) is 33.4 Å². The van der Waals surface area contributed by atoms with Gasteiger partial charge in [-0.15, -0.1) is 0 Å². The average molecular weight is 503 g/mol.